The van der Waals surface area contributed by atoms with E-state index in [0.717, 1.165) is 10.0 Å². The molecule has 0 saturated carbocycles. The summed E-state index contributed by atoms with van der Waals surface area (Å²) in [6.07, 6.45) is 1.20. The van der Waals surface area contributed by atoms with Gasteiger partial charge in [0, 0.05) is 17.7 Å². The van der Waals surface area contributed by atoms with Gasteiger partial charge in [0.25, 0.3) is 0 Å². The molecule has 0 spiro atoms. The Morgan fingerprint density at radius 1 is 1.26 bits per heavy atom. The predicted molar refractivity (Wildman–Crippen MR) is 77.0 cm³/mol. The van der Waals surface area contributed by atoms with Crippen molar-refractivity contribution < 1.29 is 9.53 Å². The van der Waals surface area contributed by atoms with Crippen LogP contribution in [0.1, 0.15) is 5.56 Å². The van der Waals surface area contributed by atoms with Gasteiger partial charge in [-0.2, -0.15) is 0 Å². The number of ether oxygens (including phenoxy) is 1. The number of hydrogen-bond donors (Lipinski definition) is 0. The van der Waals surface area contributed by atoms with Gasteiger partial charge in [-0.15, -0.1) is 0 Å². The molecule has 1 aromatic heterocycles. The summed E-state index contributed by atoms with van der Waals surface area (Å²) in [5.74, 6) is 0.543. The highest BCUT2D eigenvalue weighted by Crippen LogP contribution is 2.14. The van der Waals surface area contributed by atoms with Crippen LogP contribution in [0.3, 0.4) is 0 Å². The van der Waals surface area contributed by atoms with Crippen molar-refractivity contribution in [1.29, 1.82) is 0 Å². The van der Waals surface area contributed by atoms with E-state index in [-0.39, 0.29) is 6.61 Å². The van der Waals surface area contributed by atoms with Crippen molar-refractivity contribution in [3.05, 3.63) is 58.7 Å². The molecule has 19 heavy (non-hydrogen) atoms. The third-order valence-corrected chi connectivity index (χ3v) is 3.00. The van der Waals surface area contributed by atoms with Crippen molar-refractivity contribution in [2.24, 2.45) is 0 Å². The van der Waals surface area contributed by atoms with Crippen molar-refractivity contribution >= 4 is 27.8 Å². The van der Waals surface area contributed by atoms with Gasteiger partial charge in [0.2, 0.25) is 0 Å². The molecular formula is C14H13BrN2O2. The molecule has 2 rings (SSSR count). The molecule has 98 valence electrons. The van der Waals surface area contributed by atoms with E-state index in [1.54, 1.807) is 19.3 Å². The fraction of sp³-hybridized carbons (Fsp3) is 0.143. The Morgan fingerprint density at radius 3 is 2.63 bits per heavy atom. The first-order valence-corrected chi connectivity index (χ1v) is 6.52. The van der Waals surface area contributed by atoms with E-state index in [1.165, 1.54) is 4.90 Å². The number of halogens is 1. The highest BCUT2D eigenvalue weighted by molar-refractivity contribution is 9.10. The van der Waals surface area contributed by atoms with Crippen LogP contribution in [0.2, 0.25) is 0 Å². The summed E-state index contributed by atoms with van der Waals surface area (Å²) < 4.78 is 6.07. The monoisotopic (exact) mass is 320 g/mol. The van der Waals surface area contributed by atoms with Crippen LogP contribution in [0, 0.1) is 0 Å². The molecule has 1 amide bonds. The molecule has 0 N–H and O–H groups in total. The molecule has 0 aliphatic rings. The summed E-state index contributed by atoms with van der Waals surface area (Å²) in [6, 6.07) is 13.1. The summed E-state index contributed by atoms with van der Waals surface area (Å²) in [4.78, 5) is 17.4. The number of carbonyl (C=O) groups is 1. The van der Waals surface area contributed by atoms with Gasteiger partial charge >= 0.3 is 6.09 Å². The number of benzene rings is 1. The number of rotatable bonds is 3. The number of nitrogens with zero attached hydrogens (tertiary/aromatic N) is 2. The predicted octanol–water partition coefficient (Wildman–Crippen LogP) is 3.62. The minimum atomic E-state index is -0.432. The van der Waals surface area contributed by atoms with Gasteiger partial charge in [-0.25, -0.2) is 9.78 Å². The molecule has 0 aliphatic heterocycles. The highest BCUT2D eigenvalue weighted by Gasteiger charge is 2.13. The largest absolute Gasteiger partial charge is 0.444 e. The molecule has 0 bridgehead atoms. The molecular weight excluding hydrogens is 308 g/mol. The Hall–Kier alpha value is -1.88. The lowest BCUT2D eigenvalue weighted by Gasteiger charge is -2.16. The van der Waals surface area contributed by atoms with E-state index in [2.05, 4.69) is 20.9 Å². The molecule has 0 unspecified atom stereocenters. The van der Waals surface area contributed by atoms with Crippen LogP contribution in [-0.4, -0.2) is 18.1 Å². The molecule has 4 nitrogen and oxygen atoms in total. The van der Waals surface area contributed by atoms with Gasteiger partial charge in [-0.05, 0) is 33.6 Å². The zero-order valence-corrected chi connectivity index (χ0v) is 12.0. The number of anilines is 1. The third-order valence-electron chi connectivity index (χ3n) is 2.53. The Bertz CT molecular complexity index is 543. The molecule has 0 atom stereocenters. The number of hydrogen-bond acceptors (Lipinski definition) is 3. The fourth-order valence-corrected chi connectivity index (χ4v) is 1.71. The minimum Gasteiger partial charge on any atom is -0.444 e. The summed E-state index contributed by atoms with van der Waals surface area (Å²) in [7, 11) is 1.63. The smallest absolute Gasteiger partial charge is 0.415 e. The maximum atomic E-state index is 11.9. The zero-order valence-electron chi connectivity index (χ0n) is 10.4. The molecule has 2 aromatic rings. The topological polar surface area (TPSA) is 42.4 Å². The van der Waals surface area contributed by atoms with Crippen molar-refractivity contribution in [1.82, 2.24) is 4.98 Å². The first-order chi connectivity index (χ1) is 9.16. The van der Waals surface area contributed by atoms with E-state index in [1.807, 2.05) is 36.4 Å². The molecule has 5 heteroatoms. The average Bonchev–Trinajstić information content (AvgIpc) is 2.46. The quantitative estimate of drug-likeness (QED) is 0.867. The van der Waals surface area contributed by atoms with E-state index >= 15 is 0 Å². The van der Waals surface area contributed by atoms with Crippen LogP contribution in [0.5, 0.6) is 0 Å². The lowest BCUT2D eigenvalue weighted by molar-refractivity contribution is 0.148. The standard InChI is InChI=1S/C14H13BrN2O2/c1-17(13-8-7-12(15)9-16-13)14(18)19-10-11-5-3-2-4-6-11/h2-9H,10H2,1H3. The van der Waals surface area contributed by atoms with E-state index < -0.39 is 6.09 Å². The van der Waals surface area contributed by atoms with Crippen LogP contribution in [0.4, 0.5) is 10.6 Å². The second-order valence-corrected chi connectivity index (χ2v) is 4.85. The van der Waals surface area contributed by atoms with E-state index in [9.17, 15) is 4.79 Å². The van der Waals surface area contributed by atoms with E-state index in [4.69, 9.17) is 4.74 Å². The molecule has 1 heterocycles. The molecule has 0 fully saturated rings. The van der Waals surface area contributed by atoms with Crippen molar-refractivity contribution in [2.75, 3.05) is 11.9 Å². The van der Waals surface area contributed by atoms with Crippen molar-refractivity contribution in [3.63, 3.8) is 0 Å². The second kappa shape index (κ2) is 6.33. The van der Waals surface area contributed by atoms with Crippen LogP contribution < -0.4 is 4.90 Å². The Morgan fingerprint density at radius 2 is 2.00 bits per heavy atom. The number of pyridine rings is 1. The van der Waals surface area contributed by atoms with E-state index in [0.29, 0.717) is 5.82 Å². The lowest BCUT2D eigenvalue weighted by atomic mass is 10.2. The van der Waals surface area contributed by atoms with Gasteiger partial charge in [-0.3, -0.25) is 4.90 Å². The van der Waals surface area contributed by atoms with Gasteiger partial charge in [-0.1, -0.05) is 30.3 Å². The first-order valence-electron chi connectivity index (χ1n) is 5.73. The summed E-state index contributed by atoms with van der Waals surface area (Å²) >= 11 is 3.30. The second-order valence-electron chi connectivity index (χ2n) is 3.93. The average molecular weight is 321 g/mol. The fourth-order valence-electron chi connectivity index (χ4n) is 1.48. The van der Waals surface area contributed by atoms with Crippen LogP contribution >= 0.6 is 15.9 Å². The molecule has 0 aliphatic carbocycles. The maximum Gasteiger partial charge on any atom is 0.415 e. The minimum absolute atomic E-state index is 0.251. The van der Waals surface area contributed by atoms with Crippen LogP contribution in [0.25, 0.3) is 0 Å². The zero-order chi connectivity index (χ0) is 13.7. The highest BCUT2D eigenvalue weighted by atomic mass is 79.9. The van der Waals surface area contributed by atoms with Crippen LogP contribution in [-0.2, 0) is 11.3 Å². The molecule has 0 radical (unpaired) electrons. The Kier molecular flexibility index (Phi) is 4.52. The third kappa shape index (κ3) is 3.79. The SMILES string of the molecule is CN(C(=O)OCc1ccccc1)c1ccc(Br)cn1. The number of carbonyl (C=O) groups excluding carboxylic acids is 1. The van der Waals surface area contributed by atoms with Crippen molar-refractivity contribution in [2.45, 2.75) is 6.61 Å². The van der Waals surface area contributed by atoms with Gasteiger partial charge in [0.15, 0.2) is 0 Å². The molecule has 1 aromatic carbocycles. The number of aromatic nitrogens is 1. The summed E-state index contributed by atoms with van der Waals surface area (Å²) in [6.45, 7) is 0.251. The lowest BCUT2D eigenvalue weighted by Crippen LogP contribution is -2.27. The molecule has 0 saturated heterocycles. The Labute approximate surface area is 120 Å². The maximum absolute atomic E-state index is 11.9. The van der Waals surface area contributed by atoms with Gasteiger partial charge in [0.1, 0.15) is 12.4 Å². The van der Waals surface area contributed by atoms with Crippen molar-refractivity contribution in [3.8, 4) is 0 Å². The van der Waals surface area contributed by atoms with Gasteiger partial charge in [0.05, 0.1) is 0 Å². The van der Waals surface area contributed by atoms with Crippen LogP contribution in [0.15, 0.2) is 53.1 Å². The Balaban J connectivity index is 1.94. The summed E-state index contributed by atoms with van der Waals surface area (Å²) in [5, 5.41) is 0. The van der Waals surface area contributed by atoms with Gasteiger partial charge < -0.3 is 4.74 Å². The summed E-state index contributed by atoms with van der Waals surface area (Å²) in [5.41, 5.74) is 0.952. The normalized spacial score (nSPS) is 10.0. The number of amides is 1. The first kappa shape index (κ1) is 13.5.